The molecule has 0 aromatic heterocycles. The van der Waals surface area contributed by atoms with Gasteiger partial charge >= 0.3 is 0 Å². The Morgan fingerprint density at radius 1 is 1.08 bits per heavy atom. The Hall–Kier alpha value is -0.200. The maximum atomic E-state index is 9.23. The second-order valence-corrected chi connectivity index (χ2v) is 3.03. The summed E-state index contributed by atoms with van der Waals surface area (Å²) in [7, 11) is 0. The fraction of sp³-hybridized carbons (Fsp3) is 1.00. The van der Waals surface area contributed by atoms with Crippen LogP contribution in [0.2, 0.25) is 0 Å². The van der Waals surface area contributed by atoms with E-state index >= 15 is 0 Å². The van der Waals surface area contributed by atoms with Gasteiger partial charge in [-0.2, -0.15) is 0 Å². The van der Waals surface area contributed by atoms with Crippen LogP contribution in [0.5, 0.6) is 0 Å². The molecule has 0 bridgehead atoms. The van der Waals surface area contributed by atoms with Crippen LogP contribution in [-0.2, 0) is 4.74 Å². The zero-order valence-electron chi connectivity index (χ0n) is 6.79. The van der Waals surface area contributed by atoms with Crippen molar-refractivity contribution in [3.8, 4) is 0 Å². The molecule has 1 fully saturated rings. The summed E-state index contributed by atoms with van der Waals surface area (Å²) in [5.74, 6) is 0. The summed E-state index contributed by atoms with van der Waals surface area (Å²) in [5.41, 5.74) is 0. The highest BCUT2D eigenvalue weighted by atomic mass is 16.5. The van der Waals surface area contributed by atoms with Gasteiger partial charge in [0.15, 0.2) is 0 Å². The average molecular weight is 178 g/mol. The SMILES string of the molecule is C[C@@H]1O[C@@H](CO)[C@@H](O)[C@@H](O)[C@@H]1O. The number of aliphatic hydroxyl groups is 4. The largest absolute Gasteiger partial charge is 0.394 e. The van der Waals surface area contributed by atoms with E-state index < -0.39 is 30.5 Å². The molecule has 1 rings (SSSR count). The zero-order chi connectivity index (χ0) is 9.30. The first kappa shape index (κ1) is 9.88. The van der Waals surface area contributed by atoms with E-state index in [2.05, 4.69) is 0 Å². The Labute approximate surface area is 70.2 Å². The molecule has 0 amide bonds. The molecule has 5 nitrogen and oxygen atoms in total. The van der Waals surface area contributed by atoms with Crippen LogP contribution < -0.4 is 0 Å². The van der Waals surface area contributed by atoms with E-state index in [1.54, 1.807) is 6.92 Å². The number of ether oxygens (including phenoxy) is 1. The van der Waals surface area contributed by atoms with Crippen molar-refractivity contribution >= 4 is 0 Å². The first-order chi connectivity index (χ1) is 5.57. The monoisotopic (exact) mass is 178 g/mol. The third-order valence-corrected chi connectivity index (χ3v) is 2.13. The van der Waals surface area contributed by atoms with Gasteiger partial charge in [-0.3, -0.25) is 0 Å². The van der Waals surface area contributed by atoms with Crippen molar-refractivity contribution in [3.63, 3.8) is 0 Å². The summed E-state index contributed by atoms with van der Waals surface area (Å²) >= 11 is 0. The van der Waals surface area contributed by atoms with Crippen molar-refractivity contribution in [2.24, 2.45) is 0 Å². The summed E-state index contributed by atoms with van der Waals surface area (Å²) < 4.78 is 5.02. The minimum Gasteiger partial charge on any atom is -0.394 e. The van der Waals surface area contributed by atoms with Crippen molar-refractivity contribution < 1.29 is 25.2 Å². The fourth-order valence-corrected chi connectivity index (χ4v) is 1.29. The first-order valence-electron chi connectivity index (χ1n) is 3.88. The van der Waals surface area contributed by atoms with Gasteiger partial charge in [0.25, 0.3) is 0 Å². The minimum atomic E-state index is -1.24. The highest BCUT2D eigenvalue weighted by molar-refractivity contribution is 4.89. The summed E-state index contributed by atoms with van der Waals surface area (Å²) in [6.45, 7) is 1.21. The van der Waals surface area contributed by atoms with Crippen LogP contribution in [0.25, 0.3) is 0 Å². The predicted octanol–water partition coefficient (Wildman–Crippen LogP) is -2.15. The molecule has 5 atom stereocenters. The molecule has 0 aliphatic carbocycles. The van der Waals surface area contributed by atoms with Crippen molar-refractivity contribution in [2.45, 2.75) is 37.4 Å². The van der Waals surface area contributed by atoms with Crippen molar-refractivity contribution in [3.05, 3.63) is 0 Å². The maximum absolute atomic E-state index is 9.23. The second kappa shape index (κ2) is 3.68. The molecule has 1 aliphatic heterocycles. The summed E-state index contributed by atoms with van der Waals surface area (Å²) in [5, 5.41) is 36.4. The number of aliphatic hydroxyl groups excluding tert-OH is 4. The van der Waals surface area contributed by atoms with E-state index in [9.17, 15) is 15.3 Å². The smallest absolute Gasteiger partial charge is 0.111 e. The molecule has 1 aliphatic rings. The highest BCUT2D eigenvalue weighted by Gasteiger charge is 2.41. The van der Waals surface area contributed by atoms with Gasteiger partial charge in [0.2, 0.25) is 0 Å². The van der Waals surface area contributed by atoms with Crippen LogP contribution in [-0.4, -0.2) is 57.6 Å². The summed E-state index contributed by atoms with van der Waals surface area (Å²) in [6, 6.07) is 0. The molecule has 1 heterocycles. The Morgan fingerprint density at radius 3 is 2.17 bits per heavy atom. The Balaban J connectivity index is 2.63. The fourth-order valence-electron chi connectivity index (χ4n) is 1.29. The molecule has 12 heavy (non-hydrogen) atoms. The molecule has 0 saturated carbocycles. The van der Waals surface area contributed by atoms with E-state index in [-0.39, 0.29) is 6.61 Å². The quantitative estimate of drug-likeness (QED) is 0.367. The Morgan fingerprint density at radius 2 is 1.67 bits per heavy atom. The van der Waals surface area contributed by atoms with E-state index in [1.807, 2.05) is 0 Å². The predicted molar refractivity (Wildman–Crippen MR) is 39.4 cm³/mol. The lowest BCUT2D eigenvalue weighted by molar-refractivity contribution is -0.224. The molecule has 4 N–H and O–H groups in total. The standard InChI is InChI=1S/C7H14O5/c1-3-5(9)7(11)6(10)4(2-8)12-3/h3-11H,2H2,1H3/t3-,4-,5+,6+,7-/m0/s1. The third-order valence-electron chi connectivity index (χ3n) is 2.13. The maximum Gasteiger partial charge on any atom is 0.111 e. The highest BCUT2D eigenvalue weighted by Crippen LogP contribution is 2.20. The van der Waals surface area contributed by atoms with Gasteiger partial charge in [-0.05, 0) is 6.92 Å². The van der Waals surface area contributed by atoms with Gasteiger partial charge in [0.1, 0.15) is 24.4 Å². The lowest BCUT2D eigenvalue weighted by atomic mass is 9.96. The van der Waals surface area contributed by atoms with E-state index in [4.69, 9.17) is 9.84 Å². The average Bonchev–Trinajstić information content (AvgIpc) is 2.08. The Kier molecular flexibility index (Phi) is 3.03. The third kappa shape index (κ3) is 1.60. The number of hydrogen-bond donors (Lipinski definition) is 4. The van der Waals surface area contributed by atoms with E-state index in [0.29, 0.717) is 0 Å². The normalized spacial score (nSPS) is 49.2. The van der Waals surface area contributed by atoms with E-state index in [1.165, 1.54) is 0 Å². The Bertz CT molecular complexity index is 146. The summed E-state index contributed by atoms with van der Waals surface area (Å²) in [4.78, 5) is 0. The zero-order valence-corrected chi connectivity index (χ0v) is 6.79. The van der Waals surface area contributed by atoms with Crippen LogP contribution in [0, 0.1) is 0 Å². The first-order valence-corrected chi connectivity index (χ1v) is 3.88. The molecule has 0 aromatic carbocycles. The lowest BCUT2D eigenvalue weighted by Crippen LogP contribution is -2.57. The molecule has 5 heteroatoms. The van der Waals surface area contributed by atoms with Crippen LogP contribution in [0.3, 0.4) is 0 Å². The van der Waals surface area contributed by atoms with E-state index in [0.717, 1.165) is 0 Å². The molecular formula is C7H14O5. The van der Waals surface area contributed by atoms with Gasteiger partial charge in [-0.15, -0.1) is 0 Å². The minimum absolute atomic E-state index is 0.366. The van der Waals surface area contributed by atoms with Crippen molar-refractivity contribution in [1.82, 2.24) is 0 Å². The molecule has 0 spiro atoms. The van der Waals surface area contributed by atoms with Gasteiger partial charge in [-0.25, -0.2) is 0 Å². The molecule has 72 valence electrons. The van der Waals surface area contributed by atoms with Crippen LogP contribution in [0.15, 0.2) is 0 Å². The van der Waals surface area contributed by atoms with Crippen molar-refractivity contribution in [2.75, 3.05) is 6.61 Å². The molecule has 1 saturated heterocycles. The van der Waals surface area contributed by atoms with Crippen molar-refractivity contribution in [1.29, 1.82) is 0 Å². The van der Waals surface area contributed by atoms with Gasteiger partial charge in [0, 0.05) is 0 Å². The molecule has 0 aromatic rings. The molecular weight excluding hydrogens is 164 g/mol. The van der Waals surface area contributed by atoms with Crippen LogP contribution in [0.4, 0.5) is 0 Å². The lowest BCUT2D eigenvalue weighted by Gasteiger charge is -2.38. The van der Waals surface area contributed by atoms with Crippen LogP contribution >= 0.6 is 0 Å². The van der Waals surface area contributed by atoms with Gasteiger partial charge in [-0.1, -0.05) is 0 Å². The second-order valence-electron chi connectivity index (χ2n) is 3.03. The number of hydrogen-bond acceptors (Lipinski definition) is 5. The number of rotatable bonds is 1. The molecule has 0 unspecified atom stereocenters. The topological polar surface area (TPSA) is 90.2 Å². The molecule has 0 radical (unpaired) electrons. The summed E-state index contributed by atoms with van der Waals surface area (Å²) in [6.07, 6.45) is -4.94. The van der Waals surface area contributed by atoms with Gasteiger partial charge < -0.3 is 25.2 Å². The van der Waals surface area contributed by atoms with Crippen LogP contribution in [0.1, 0.15) is 6.92 Å². The van der Waals surface area contributed by atoms with Gasteiger partial charge in [0.05, 0.1) is 12.7 Å².